The zero-order chi connectivity index (χ0) is 4.41. The first kappa shape index (κ1) is 3.23. The average molecular weight is 88.0 g/mol. The molecule has 2 N–H and O–H groups in total. The average Bonchev–Trinajstić information content (AvgIpc) is 1.86. The predicted octanol–water partition coefficient (Wildman–Crippen LogP) is -0.993. The lowest BCUT2D eigenvalue weighted by Crippen LogP contribution is -1.96. The summed E-state index contributed by atoms with van der Waals surface area (Å²) in [4.78, 5) is 7.87. The van der Waals surface area contributed by atoms with Crippen LogP contribution in [0.25, 0.3) is 0 Å². The number of hydrogen-bond acceptors (Lipinski definition) is 4. The maximum Gasteiger partial charge on any atom is 0.367 e. The normalized spacial score (nSPS) is 18.3. The predicted molar refractivity (Wildman–Crippen MR) is 15.8 cm³/mol. The zero-order valence-electron chi connectivity index (χ0n) is 2.76. The lowest BCUT2D eigenvalue weighted by atomic mass is 11.2. The van der Waals surface area contributed by atoms with Crippen LogP contribution in [0.4, 0.5) is 0 Å². The molecule has 6 heavy (non-hydrogen) atoms. The van der Waals surface area contributed by atoms with E-state index in [9.17, 15) is 0 Å². The van der Waals surface area contributed by atoms with Crippen LogP contribution >= 0.6 is 0 Å². The SMILES string of the molecule is [NH]C1=NNOO1. The van der Waals surface area contributed by atoms with Gasteiger partial charge in [0.15, 0.2) is 0 Å². The molecular weight excluding hydrogens is 86.0 g/mol. The quantitative estimate of drug-likeness (QED) is 0.386. The van der Waals surface area contributed by atoms with Gasteiger partial charge in [0.25, 0.3) is 0 Å². The van der Waals surface area contributed by atoms with E-state index in [1.807, 2.05) is 5.59 Å². The van der Waals surface area contributed by atoms with Gasteiger partial charge in [-0.15, -0.1) is 5.59 Å². The van der Waals surface area contributed by atoms with Crippen LogP contribution in [0.3, 0.4) is 0 Å². The lowest BCUT2D eigenvalue weighted by Gasteiger charge is -1.80. The Morgan fingerprint density at radius 1 is 1.83 bits per heavy atom. The molecule has 0 aromatic carbocycles. The number of hydrogen-bond donors (Lipinski definition) is 1. The molecule has 0 saturated carbocycles. The van der Waals surface area contributed by atoms with Crippen LogP contribution in [0.1, 0.15) is 0 Å². The third-order valence-corrected chi connectivity index (χ3v) is 0.305. The Morgan fingerprint density at radius 3 is 2.83 bits per heavy atom. The van der Waals surface area contributed by atoms with Gasteiger partial charge in [0, 0.05) is 0 Å². The molecule has 0 spiro atoms. The molecule has 0 aromatic heterocycles. The highest BCUT2D eigenvalue weighted by Crippen LogP contribution is 1.81. The molecule has 1 rings (SSSR count). The van der Waals surface area contributed by atoms with Crippen molar-refractivity contribution in [2.75, 3.05) is 0 Å². The second-order valence-electron chi connectivity index (χ2n) is 0.675. The molecule has 0 fully saturated rings. The molecule has 5 nitrogen and oxygen atoms in total. The van der Waals surface area contributed by atoms with Crippen molar-refractivity contribution in [1.29, 1.82) is 0 Å². The maximum atomic E-state index is 6.47. The Bertz CT molecular complexity index is 78.9. The topological polar surface area (TPSA) is 66.7 Å². The van der Waals surface area contributed by atoms with Crippen molar-refractivity contribution in [3.05, 3.63) is 0 Å². The largest absolute Gasteiger partial charge is 0.367 e. The molecule has 0 saturated heterocycles. The molecule has 0 amide bonds. The monoisotopic (exact) mass is 88.0 g/mol. The van der Waals surface area contributed by atoms with Gasteiger partial charge in [-0.25, -0.2) is 5.73 Å². The van der Waals surface area contributed by atoms with E-state index in [4.69, 9.17) is 5.73 Å². The highest BCUT2D eigenvalue weighted by atomic mass is 17.3. The van der Waals surface area contributed by atoms with E-state index < -0.39 is 0 Å². The van der Waals surface area contributed by atoms with E-state index >= 15 is 0 Å². The molecule has 1 aliphatic rings. The van der Waals surface area contributed by atoms with E-state index in [-0.39, 0.29) is 6.02 Å². The Morgan fingerprint density at radius 2 is 2.67 bits per heavy atom. The second kappa shape index (κ2) is 1.02. The minimum absolute atomic E-state index is 0.255. The highest BCUT2D eigenvalue weighted by molar-refractivity contribution is 5.69. The molecule has 0 atom stereocenters. The van der Waals surface area contributed by atoms with Gasteiger partial charge in [-0.05, 0) is 4.99 Å². The fourth-order valence-electron chi connectivity index (χ4n) is 0.137. The summed E-state index contributed by atoms with van der Waals surface area (Å²) in [5.74, 6) is 0. The molecule has 0 aliphatic carbocycles. The van der Waals surface area contributed by atoms with Crippen molar-refractivity contribution >= 4 is 6.02 Å². The lowest BCUT2D eigenvalue weighted by molar-refractivity contribution is -0.250. The fourth-order valence-corrected chi connectivity index (χ4v) is 0.137. The van der Waals surface area contributed by atoms with Gasteiger partial charge < -0.3 is 0 Å². The first-order valence-corrected chi connectivity index (χ1v) is 1.27. The minimum atomic E-state index is -0.255. The molecule has 0 unspecified atom stereocenters. The molecule has 1 radical (unpaired) electrons. The standard InChI is InChI=1S/CH2N3O2/c2-1-3-4-6-5-1/h2,4H. The maximum absolute atomic E-state index is 6.47. The summed E-state index contributed by atoms with van der Waals surface area (Å²) >= 11 is 0. The van der Waals surface area contributed by atoms with Crippen molar-refractivity contribution in [1.82, 2.24) is 11.3 Å². The minimum Gasteiger partial charge on any atom is -0.269 e. The van der Waals surface area contributed by atoms with Crippen molar-refractivity contribution in [3.63, 3.8) is 0 Å². The zero-order valence-corrected chi connectivity index (χ0v) is 2.76. The third-order valence-electron chi connectivity index (χ3n) is 0.305. The first-order chi connectivity index (χ1) is 2.89. The van der Waals surface area contributed by atoms with Crippen molar-refractivity contribution in [2.45, 2.75) is 0 Å². The smallest absolute Gasteiger partial charge is 0.269 e. The van der Waals surface area contributed by atoms with Crippen LogP contribution in [-0.4, -0.2) is 6.02 Å². The summed E-state index contributed by atoms with van der Waals surface area (Å²) < 4.78 is 0. The molecule has 5 heteroatoms. The Hall–Kier alpha value is -0.970. The summed E-state index contributed by atoms with van der Waals surface area (Å²) in [7, 11) is 0. The molecule has 0 bridgehead atoms. The second-order valence-corrected chi connectivity index (χ2v) is 0.675. The van der Waals surface area contributed by atoms with E-state index in [1.165, 1.54) is 0 Å². The molecular formula is CH2N3O2. The van der Waals surface area contributed by atoms with E-state index in [0.29, 0.717) is 0 Å². The number of nitrogens with zero attached hydrogens (tertiary/aromatic N) is 1. The van der Waals surface area contributed by atoms with Crippen LogP contribution in [0.5, 0.6) is 0 Å². The number of hydrazone groups is 1. The van der Waals surface area contributed by atoms with Crippen molar-refractivity contribution in [2.24, 2.45) is 5.10 Å². The molecule has 1 heterocycles. The summed E-state index contributed by atoms with van der Waals surface area (Å²) in [6.45, 7) is 0. The molecule has 1 aliphatic heterocycles. The number of nitrogens with one attached hydrogen (secondary N) is 2. The van der Waals surface area contributed by atoms with Gasteiger partial charge in [-0.2, -0.15) is 0 Å². The summed E-state index contributed by atoms with van der Waals surface area (Å²) in [6, 6.07) is -0.255. The van der Waals surface area contributed by atoms with Crippen LogP contribution in [-0.2, 0) is 9.88 Å². The van der Waals surface area contributed by atoms with Crippen molar-refractivity contribution < 1.29 is 9.88 Å². The van der Waals surface area contributed by atoms with Crippen LogP contribution in [0.2, 0.25) is 0 Å². The van der Waals surface area contributed by atoms with Gasteiger partial charge in [-0.1, -0.05) is 5.10 Å². The summed E-state index contributed by atoms with van der Waals surface area (Å²) in [5, 5.41) is 3.12. The van der Waals surface area contributed by atoms with Crippen LogP contribution in [0, 0.1) is 0 Å². The fraction of sp³-hybridized carbons (Fsp3) is 0. The highest BCUT2D eigenvalue weighted by Gasteiger charge is 1.99. The number of rotatable bonds is 0. The summed E-state index contributed by atoms with van der Waals surface area (Å²) in [5.41, 5.74) is 8.42. The van der Waals surface area contributed by atoms with Gasteiger partial charge in [0.1, 0.15) is 0 Å². The Balaban J connectivity index is 2.45. The van der Waals surface area contributed by atoms with Gasteiger partial charge in [0.2, 0.25) is 0 Å². The Labute approximate surface area is 33.6 Å². The van der Waals surface area contributed by atoms with E-state index in [0.717, 1.165) is 0 Å². The van der Waals surface area contributed by atoms with E-state index in [2.05, 4.69) is 15.0 Å². The molecule has 0 aromatic rings. The van der Waals surface area contributed by atoms with Crippen LogP contribution < -0.4 is 11.3 Å². The van der Waals surface area contributed by atoms with Crippen LogP contribution in [0.15, 0.2) is 5.10 Å². The first-order valence-electron chi connectivity index (χ1n) is 1.27. The summed E-state index contributed by atoms with van der Waals surface area (Å²) in [6.07, 6.45) is 0. The van der Waals surface area contributed by atoms with Gasteiger partial charge >= 0.3 is 6.02 Å². The van der Waals surface area contributed by atoms with Gasteiger partial charge in [0.05, 0.1) is 0 Å². The van der Waals surface area contributed by atoms with Crippen molar-refractivity contribution in [3.8, 4) is 0 Å². The third kappa shape index (κ3) is 0.343. The Kier molecular flexibility index (Phi) is 0.548. The van der Waals surface area contributed by atoms with E-state index in [1.54, 1.807) is 0 Å². The number of amidine groups is 1. The molecule has 33 valence electrons. The van der Waals surface area contributed by atoms with Gasteiger partial charge in [-0.3, -0.25) is 4.89 Å².